The molecule has 4 rings (SSSR count). The number of pyridine rings is 1. The lowest BCUT2D eigenvalue weighted by atomic mass is 9.93. The fourth-order valence-electron chi connectivity index (χ4n) is 3.75. The second kappa shape index (κ2) is 8.32. The highest BCUT2D eigenvalue weighted by Crippen LogP contribution is 2.43. The van der Waals surface area contributed by atoms with Crippen LogP contribution in [0.15, 0.2) is 45.0 Å². The van der Waals surface area contributed by atoms with E-state index in [1.54, 1.807) is 25.1 Å². The van der Waals surface area contributed by atoms with Crippen LogP contribution >= 0.6 is 27.3 Å². The van der Waals surface area contributed by atoms with Gasteiger partial charge in [-0.3, -0.25) is 4.79 Å². The van der Waals surface area contributed by atoms with Gasteiger partial charge in [-0.2, -0.15) is 0 Å². The van der Waals surface area contributed by atoms with Crippen LogP contribution in [0.5, 0.6) is 5.75 Å². The maximum absolute atomic E-state index is 15.1. The first-order chi connectivity index (χ1) is 14.8. The lowest BCUT2D eigenvalue weighted by Crippen LogP contribution is -2.25. The molecule has 31 heavy (non-hydrogen) atoms. The van der Waals surface area contributed by atoms with Crippen LogP contribution in [-0.2, 0) is 0 Å². The Kier molecular flexibility index (Phi) is 5.72. The van der Waals surface area contributed by atoms with Gasteiger partial charge in [-0.05, 0) is 50.6 Å². The van der Waals surface area contributed by atoms with Gasteiger partial charge in [0.1, 0.15) is 16.3 Å². The monoisotopic (exact) mass is 504 g/mol. The van der Waals surface area contributed by atoms with Gasteiger partial charge in [0.2, 0.25) is 0 Å². The Balaban J connectivity index is 1.95. The smallest absolute Gasteiger partial charge is 0.404 e. The standard InChI is InChI=1S/C22H18BrFN2O4S/c1-10(9-25-22(28)29)12-4-3-11(7-15(12)24)17-16(30-2)8-14(23)19-18(17)13-5-6-31-20(13)21(27)26-19/h3-8,10,25H,9H2,1-2H3,(H,26,27)(H,28,29). The largest absolute Gasteiger partial charge is 0.496 e. The summed E-state index contributed by atoms with van der Waals surface area (Å²) in [4.78, 5) is 26.1. The first-order valence-corrected chi connectivity index (χ1v) is 11.0. The fourth-order valence-corrected chi connectivity index (χ4v) is 5.05. The second-order valence-electron chi connectivity index (χ2n) is 7.13. The van der Waals surface area contributed by atoms with Gasteiger partial charge < -0.3 is 20.1 Å². The third kappa shape index (κ3) is 3.79. The number of rotatable bonds is 5. The number of methoxy groups -OCH3 is 1. The molecule has 0 saturated heterocycles. The number of aromatic amines is 1. The molecule has 2 aromatic carbocycles. The molecule has 1 unspecified atom stereocenters. The summed E-state index contributed by atoms with van der Waals surface area (Å²) in [5.41, 5.74) is 2.09. The molecule has 9 heteroatoms. The van der Waals surface area contributed by atoms with Crippen LogP contribution < -0.4 is 15.6 Å². The summed E-state index contributed by atoms with van der Waals surface area (Å²) in [5.74, 6) is -0.249. The molecule has 0 aliphatic carbocycles. The summed E-state index contributed by atoms with van der Waals surface area (Å²) < 4.78 is 21.9. The van der Waals surface area contributed by atoms with Crippen LogP contribution in [0.25, 0.3) is 32.1 Å². The van der Waals surface area contributed by atoms with Crippen LogP contribution in [0, 0.1) is 5.82 Å². The third-order valence-electron chi connectivity index (χ3n) is 5.22. The molecule has 160 valence electrons. The lowest BCUT2D eigenvalue weighted by molar-refractivity contribution is 0.194. The molecular formula is C22H18BrFN2O4S. The van der Waals surface area contributed by atoms with E-state index in [2.05, 4.69) is 26.2 Å². The van der Waals surface area contributed by atoms with E-state index in [0.717, 1.165) is 10.8 Å². The Bertz CT molecular complexity index is 1380. The number of carboxylic acid groups (broad SMARTS) is 1. The highest BCUT2D eigenvalue weighted by Gasteiger charge is 2.20. The minimum absolute atomic E-state index is 0.104. The predicted octanol–water partition coefficient (Wildman–Crippen LogP) is 5.69. The summed E-state index contributed by atoms with van der Waals surface area (Å²) in [7, 11) is 1.54. The van der Waals surface area contributed by atoms with Crippen molar-refractivity contribution in [2.45, 2.75) is 12.8 Å². The van der Waals surface area contributed by atoms with E-state index >= 15 is 4.39 Å². The molecule has 0 saturated carbocycles. The number of aromatic nitrogens is 1. The van der Waals surface area contributed by atoms with Crippen LogP contribution in [0.3, 0.4) is 0 Å². The zero-order valence-electron chi connectivity index (χ0n) is 16.6. The predicted molar refractivity (Wildman–Crippen MR) is 124 cm³/mol. The van der Waals surface area contributed by atoms with Gasteiger partial charge in [0.25, 0.3) is 5.56 Å². The number of H-pyrrole nitrogens is 1. The lowest BCUT2D eigenvalue weighted by Gasteiger charge is -2.17. The van der Waals surface area contributed by atoms with E-state index in [4.69, 9.17) is 9.84 Å². The minimum atomic E-state index is -1.15. The molecule has 6 nitrogen and oxygen atoms in total. The summed E-state index contributed by atoms with van der Waals surface area (Å²) >= 11 is 4.84. The minimum Gasteiger partial charge on any atom is -0.496 e. The van der Waals surface area contributed by atoms with Crippen molar-refractivity contribution in [3.8, 4) is 16.9 Å². The number of amides is 1. The van der Waals surface area contributed by atoms with E-state index < -0.39 is 11.9 Å². The molecule has 0 aliphatic heterocycles. The molecule has 4 aromatic rings. The van der Waals surface area contributed by atoms with E-state index in [1.165, 1.54) is 24.5 Å². The van der Waals surface area contributed by atoms with Crippen molar-refractivity contribution in [3.63, 3.8) is 0 Å². The average Bonchev–Trinajstić information content (AvgIpc) is 3.23. The number of thiophene rings is 1. The molecule has 1 atom stereocenters. The van der Waals surface area contributed by atoms with Crippen molar-refractivity contribution in [1.29, 1.82) is 0 Å². The number of nitrogens with one attached hydrogen (secondary N) is 2. The Morgan fingerprint density at radius 2 is 2.13 bits per heavy atom. The van der Waals surface area contributed by atoms with Crippen molar-refractivity contribution in [1.82, 2.24) is 10.3 Å². The number of halogens is 2. The maximum atomic E-state index is 15.1. The molecular weight excluding hydrogens is 487 g/mol. The Labute approximate surface area is 188 Å². The van der Waals surface area contributed by atoms with Crippen LogP contribution in [0.4, 0.5) is 9.18 Å². The van der Waals surface area contributed by atoms with Gasteiger partial charge in [0, 0.05) is 33.3 Å². The zero-order chi connectivity index (χ0) is 22.3. The van der Waals surface area contributed by atoms with Crippen molar-refractivity contribution < 1.29 is 19.0 Å². The highest BCUT2D eigenvalue weighted by atomic mass is 79.9. The summed E-state index contributed by atoms with van der Waals surface area (Å²) in [6, 6.07) is 8.47. The molecule has 0 radical (unpaired) electrons. The van der Waals surface area contributed by atoms with E-state index in [9.17, 15) is 9.59 Å². The van der Waals surface area contributed by atoms with Crippen LogP contribution in [0.1, 0.15) is 18.4 Å². The van der Waals surface area contributed by atoms with Gasteiger partial charge in [-0.25, -0.2) is 9.18 Å². The van der Waals surface area contributed by atoms with Crippen molar-refractivity contribution in [2.24, 2.45) is 0 Å². The molecule has 0 bridgehead atoms. The van der Waals surface area contributed by atoms with Crippen molar-refractivity contribution in [2.75, 3.05) is 13.7 Å². The molecule has 3 N–H and O–H groups in total. The van der Waals surface area contributed by atoms with Gasteiger partial charge >= 0.3 is 6.09 Å². The Morgan fingerprint density at radius 3 is 2.81 bits per heavy atom. The summed E-state index contributed by atoms with van der Waals surface area (Å²) in [6.07, 6.45) is -1.15. The topological polar surface area (TPSA) is 91.4 Å². The zero-order valence-corrected chi connectivity index (χ0v) is 19.0. The number of fused-ring (bicyclic) bond motifs is 3. The quantitative estimate of drug-likeness (QED) is 0.325. The first kappa shape index (κ1) is 21.3. The van der Waals surface area contributed by atoms with Crippen molar-refractivity contribution >= 4 is 54.3 Å². The molecule has 0 spiro atoms. The van der Waals surface area contributed by atoms with Gasteiger partial charge in [-0.15, -0.1) is 11.3 Å². The molecule has 1 amide bonds. The number of carbonyl (C=O) groups is 1. The average molecular weight is 505 g/mol. The number of benzene rings is 2. The van der Waals surface area contributed by atoms with Gasteiger partial charge in [0.05, 0.1) is 12.6 Å². The van der Waals surface area contributed by atoms with E-state index in [1.807, 2.05) is 11.4 Å². The maximum Gasteiger partial charge on any atom is 0.404 e. The molecule has 0 aliphatic rings. The van der Waals surface area contributed by atoms with Crippen LogP contribution in [0.2, 0.25) is 0 Å². The Hall–Kier alpha value is -2.91. The molecule has 0 fully saturated rings. The third-order valence-corrected chi connectivity index (χ3v) is 6.76. The van der Waals surface area contributed by atoms with Crippen molar-refractivity contribution in [3.05, 3.63) is 61.9 Å². The van der Waals surface area contributed by atoms with Gasteiger partial charge in [0.15, 0.2) is 0 Å². The number of hydrogen-bond donors (Lipinski definition) is 3. The highest BCUT2D eigenvalue weighted by molar-refractivity contribution is 9.10. The normalized spacial score (nSPS) is 12.3. The second-order valence-corrected chi connectivity index (χ2v) is 8.90. The van der Waals surface area contributed by atoms with Crippen LogP contribution in [-0.4, -0.2) is 29.8 Å². The van der Waals surface area contributed by atoms with Gasteiger partial charge in [-0.1, -0.05) is 19.1 Å². The SMILES string of the molecule is COc1cc(Br)c2[nH]c(=O)c3sccc3c2c1-c1ccc(C(C)CNC(=O)O)c(F)c1. The number of hydrogen-bond acceptors (Lipinski definition) is 4. The molecule has 2 aromatic heterocycles. The summed E-state index contributed by atoms with van der Waals surface area (Å²) in [6.45, 7) is 1.86. The fraction of sp³-hybridized carbons (Fsp3) is 0.182. The summed E-state index contributed by atoms with van der Waals surface area (Å²) in [5, 5.41) is 14.4. The van der Waals surface area contributed by atoms with E-state index in [-0.39, 0.29) is 18.0 Å². The number of ether oxygens (including phenoxy) is 1. The first-order valence-electron chi connectivity index (χ1n) is 9.38. The molecule has 2 heterocycles. The Morgan fingerprint density at radius 1 is 1.35 bits per heavy atom. The van der Waals surface area contributed by atoms with E-state index in [0.29, 0.717) is 37.1 Å².